The molecular weight excluding hydrogens is 622 g/mol. The molecule has 0 bridgehead atoms. The molecule has 0 saturated carbocycles. The minimum atomic E-state index is -4.26. The van der Waals surface area contributed by atoms with Crippen molar-refractivity contribution in [2.45, 2.75) is 147 Å². The van der Waals surface area contributed by atoms with Crippen LogP contribution in [0.15, 0.2) is 35.2 Å². The molecule has 0 heterocycles. The van der Waals surface area contributed by atoms with Gasteiger partial charge in [0.2, 0.25) is 0 Å². The predicted octanol–water partition coefficient (Wildman–Crippen LogP) is 7.35. The monoisotopic (exact) mass is 682 g/mol. The van der Waals surface area contributed by atoms with Gasteiger partial charge in [-0.3, -0.25) is 13.5 Å². The Bertz CT molecular complexity index is 975. The van der Waals surface area contributed by atoms with E-state index in [9.17, 15) is 21.6 Å². The fourth-order valence-corrected chi connectivity index (χ4v) is 5.72. The molecule has 0 radical (unpaired) electrons. The van der Waals surface area contributed by atoms with Crippen LogP contribution in [-0.2, 0) is 34.0 Å². The van der Waals surface area contributed by atoms with E-state index in [1.807, 2.05) is 0 Å². The van der Waals surface area contributed by atoms with Crippen LogP contribution in [0.2, 0.25) is 0 Å². The second kappa shape index (κ2) is 33.4. The van der Waals surface area contributed by atoms with E-state index in [4.69, 9.17) is 13.5 Å². The Morgan fingerprint density at radius 2 is 0.955 bits per heavy atom. The van der Waals surface area contributed by atoms with Gasteiger partial charge in [-0.25, -0.2) is 0 Å². The summed E-state index contributed by atoms with van der Waals surface area (Å²) < 4.78 is 62.7. The minimum absolute atomic E-state index is 0. The molecule has 1 N–H and O–H groups in total. The van der Waals surface area contributed by atoms with Crippen LogP contribution < -0.4 is 0 Å². The summed E-state index contributed by atoms with van der Waals surface area (Å²) in [4.78, 5) is 11.2. The summed E-state index contributed by atoms with van der Waals surface area (Å²) in [6.45, 7) is 4.96. The van der Waals surface area contributed by atoms with E-state index in [0.29, 0.717) is 0 Å². The second-order valence-electron chi connectivity index (χ2n) is 10.9. The summed E-state index contributed by atoms with van der Waals surface area (Å²) in [6.07, 6.45) is 24.1. The van der Waals surface area contributed by atoms with Crippen LogP contribution in [0, 0.1) is 0 Å². The molecule has 8 nitrogen and oxygen atoms in total. The molecule has 0 amide bonds. The van der Waals surface area contributed by atoms with Gasteiger partial charge in [0.05, 0.1) is 18.1 Å². The van der Waals surface area contributed by atoms with Crippen LogP contribution in [0.25, 0.3) is 0 Å². The zero-order valence-corrected chi connectivity index (χ0v) is 27.9. The van der Waals surface area contributed by atoms with Crippen molar-refractivity contribution in [1.29, 1.82) is 0 Å². The van der Waals surface area contributed by atoms with Crippen LogP contribution in [-0.4, -0.2) is 105 Å². The Hall–Kier alpha value is 0.510. The van der Waals surface area contributed by atoms with E-state index in [1.54, 1.807) is 30.3 Å². The number of carbonyl (C=O) groups is 1. The molecule has 250 valence electrons. The first-order valence-electron chi connectivity index (χ1n) is 16.2. The molecule has 0 spiro atoms. The Morgan fingerprint density at radius 1 is 0.591 bits per heavy atom. The van der Waals surface area contributed by atoms with E-state index in [0.717, 1.165) is 32.1 Å². The zero-order valence-electron chi connectivity index (χ0n) is 26.3. The molecule has 0 fully saturated rings. The van der Waals surface area contributed by atoms with Crippen LogP contribution in [0.4, 0.5) is 0 Å². The van der Waals surface area contributed by atoms with Gasteiger partial charge < -0.3 is 4.74 Å². The molecule has 44 heavy (non-hydrogen) atoms. The van der Waals surface area contributed by atoms with Gasteiger partial charge in [-0.2, -0.15) is 16.8 Å². The van der Waals surface area contributed by atoms with Gasteiger partial charge in [-0.05, 0) is 25.0 Å². The number of carbonyl (C=O) groups excluding carboxylic acids is 1. The normalized spacial score (nSPS) is 11.1. The molecule has 1 rings (SSSR count). The summed E-state index contributed by atoms with van der Waals surface area (Å²) in [5.74, 6) is -1.84. The third-order valence-corrected chi connectivity index (χ3v) is 8.76. The molecule has 0 aliphatic rings. The number of rotatable bonds is 26. The number of ether oxygens (including phenoxy) is 1. The number of unbranched alkanes of at least 4 members (excludes halogenated alkanes) is 18. The van der Waals surface area contributed by atoms with Gasteiger partial charge in [-0.15, -0.1) is 0 Å². The van der Waals surface area contributed by atoms with Gasteiger partial charge in [0.25, 0.3) is 20.2 Å². The molecule has 0 aromatic heterocycles. The average molecular weight is 683 g/mol. The SMILES string of the molecule is CCCCCCCCCCCCOC(=O)CS(=O)(=O)O.CCCCCCCCCCCCOS(=O)(=O)c1ccccc1.[NaH].[NaH]. The van der Waals surface area contributed by atoms with Crippen molar-refractivity contribution in [3.05, 3.63) is 30.3 Å². The van der Waals surface area contributed by atoms with Gasteiger partial charge in [-0.1, -0.05) is 148 Å². The maximum atomic E-state index is 11.9. The third-order valence-electron chi connectivity index (χ3n) is 6.83. The first kappa shape index (κ1) is 48.9. The van der Waals surface area contributed by atoms with E-state index in [-0.39, 0.29) is 77.2 Å². The van der Waals surface area contributed by atoms with E-state index < -0.39 is 32.0 Å². The summed E-state index contributed by atoms with van der Waals surface area (Å²) in [6, 6.07) is 8.33. The predicted molar refractivity (Wildman–Crippen MR) is 185 cm³/mol. The molecule has 1 aromatic rings. The second-order valence-corrected chi connectivity index (χ2v) is 14.0. The van der Waals surface area contributed by atoms with E-state index in [1.165, 1.54) is 96.3 Å². The van der Waals surface area contributed by atoms with Gasteiger partial charge >= 0.3 is 65.1 Å². The summed E-state index contributed by atoms with van der Waals surface area (Å²) in [5, 5.41) is 0. The van der Waals surface area contributed by atoms with Gasteiger partial charge in [0.1, 0.15) is 0 Å². The Balaban J connectivity index is -0.000000735. The number of benzene rings is 1. The fourth-order valence-electron chi connectivity index (χ4n) is 4.38. The van der Waals surface area contributed by atoms with Crippen LogP contribution in [0.5, 0.6) is 0 Å². The molecule has 0 aliphatic carbocycles. The molecule has 12 heteroatoms. The van der Waals surface area contributed by atoms with Crippen molar-refractivity contribution in [2.75, 3.05) is 19.0 Å². The summed E-state index contributed by atoms with van der Waals surface area (Å²) in [5.41, 5.74) is 0. The van der Waals surface area contributed by atoms with Gasteiger partial charge in [0.15, 0.2) is 5.75 Å². The first-order chi connectivity index (χ1) is 20.1. The average Bonchev–Trinajstić information content (AvgIpc) is 2.94. The summed E-state index contributed by atoms with van der Waals surface area (Å²) >= 11 is 0. The molecule has 1 aromatic carbocycles. The number of esters is 1. The standard InChI is InChI=1S/C18H30O3S.C14H28O5S.2Na.2H/c1-2-3-4-5-6-7-8-9-10-14-17-21-22(19,20)18-15-12-11-13-16-18;1-2-3-4-5-6-7-8-9-10-11-12-19-14(15)13-20(16,17)18;;;;/h11-13,15-16H,2-10,14,17H2,1H3;2-13H2,1H3,(H,16,17,18);;;;. The van der Waals surface area contributed by atoms with E-state index >= 15 is 0 Å². The topological polar surface area (TPSA) is 124 Å². The van der Waals surface area contributed by atoms with Crippen molar-refractivity contribution in [2.24, 2.45) is 0 Å². The Kier molecular flexibility index (Phi) is 37.1. The van der Waals surface area contributed by atoms with Crippen molar-refractivity contribution in [3.8, 4) is 0 Å². The molecule has 0 atom stereocenters. The van der Waals surface area contributed by atoms with Crippen LogP contribution >= 0.6 is 0 Å². The molecular formula is C32H60Na2O8S2. The maximum absolute atomic E-state index is 11.9. The number of hydrogen-bond donors (Lipinski definition) is 1. The van der Waals surface area contributed by atoms with Crippen LogP contribution in [0.3, 0.4) is 0 Å². The van der Waals surface area contributed by atoms with Gasteiger partial charge in [0, 0.05) is 0 Å². The first-order valence-corrected chi connectivity index (χ1v) is 19.2. The summed E-state index contributed by atoms with van der Waals surface area (Å²) in [7, 11) is -7.83. The van der Waals surface area contributed by atoms with Crippen LogP contribution in [0.1, 0.15) is 142 Å². The quantitative estimate of drug-likeness (QED) is 0.0354. The number of hydrogen-bond acceptors (Lipinski definition) is 7. The molecule has 0 aliphatic heterocycles. The third kappa shape index (κ3) is 33.9. The van der Waals surface area contributed by atoms with Crippen molar-refractivity contribution in [1.82, 2.24) is 0 Å². The van der Waals surface area contributed by atoms with Crippen molar-refractivity contribution >= 4 is 85.3 Å². The molecule has 0 saturated heterocycles. The van der Waals surface area contributed by atoms with Crippen molar-refractivity contribution in [3.63, 3.8) is 0 Å². The Morgan fingerprint density at radius 3 is 1.34 bits per heavy atom. The van der Waals surface area contributed by atoms with Crippen molar-refractivity contribution < 1.29 is 35.1 Å². The fraction of sp³-hybridized carbons (Fsp3) is 0.781. The zero-order chi connectivity index (χ0) is 31.4. The molecule has 0 unspecified atom stereocenters. The van der Waals surface area contributed by atoms with E-state index in [2.05, 4.69) is 13.8 Å². The Labute approximate surface area is 314 Å².